The van der Waals surface area contributed by atoms with Crippen molar-refractivity contribution >= 4 is 22.7 Å². The quantitative estimate of drug-likeness (QED) is 0.683. The maximum absolute atomic E-state index is 6.26. The SMILES string of the molecule is Cc1cccc(N)c1N1CCCN(Cc2csc(-c3ccccc3)n2)CC1. The van der Waals surface area contributed by atoms with E-state index in [0.29, 0.717) is 0 Å². The normalized spacial score (nSPS) is 15.7. The first-order chi connectivity index (χ1) is 13.2. The van der Waals surface area contributed by atoms with Gasteiger partial charge in [-0.05, 0) is 25.0 Å². The van der Waals surface area contributed by atoms with Crippen LogP contribution in [0.1, 0.15) is 17.7 Å². The van der Waals surface area contributed by atoms with Gasteiger partial charge in [-0.2, -0.15) is 0 Å². The summed E-state index contributed by atoms with van der Waals surface area (Å²) in [6, 6.07) is 16.6. The lowest BCUT2D eigenvalue weighted by atomic mass is 10.1. The molecule has 4 rings (SSSR count). The standard InChI is InChI=1S/C22H26N4S/c1-17-7-5-10-20(23)21(17)26-12-6-11-25(13-14-26)15-19-16-27-22(24-19)18-8-3-2-4-9-18/h2-5,7-10,16H,6,11-15,23H2,1H3. The maximum atomic E-state index is 6.26. The molecule has 0 saturated carbocycles. The number of rotatable bonds is 4. The molecular formula is C22H26N4S. The molecule has 2 aromatic carbocycles. The minimum absolute atomic E-state index is 0.885. The number of aryl methyl sites for hydroxylation is 1. The van der Waals surface area contributed by atoms with Crippen molar-refractivity contribution in [1.82, 2.24) is 9.88 Å². The Balaban J connectivity index is 1.41. The van der Waals surface area contributed by atoms with Gasteiger partial charge < -0.3 is 10.6 Å². The van der Waals surface area contributed by atoms with Crippen LogP contribution in [0.4, 0.5) is 11.4 Å². The summed E-state index contributed by atoms with van der Waals surface area (Å²) in [5.74, 6) is 0. The Morgan fingerprint density at radius 3 is 2.67 bits per heavy atom. The molecule has 2 heterocycles. The molecule has 1 aliphatic rings. The van der Waals surface area contributed by atoms with Crippen molar-refractivity contribution in [2.75, 3.05) is 36.8 Å². The minimum atomic E-state index is 0.885. The lowest BCUT2D eigenvalue weighted by molar-refractivity contribution is 0.282. The second-order valence-corrected chi connectivity index (χ2v) is 8.00. The lowest BCUT2D eigenvalue weighted by Crippen LogP contribution is -2.31. The van der Waals surface area contributed by atoms with Crippen molar-refractivity contribution < 1.29 is 0 Å². The van der Waals surface area contributed by atoms with E-state index in [-0.39, 0.29) is 0 Å². The average Bonchev–Trinajstić information content (AvgIpc) is 3.02. The van der Waals surface area contributed by atoms with Crippen molar-refractivity contribution in [1.29, 1.82) is 0 Å². The number of aromatic nitrogens is 1. The number of para-hydroxylation sites is 1. The van der Waals surface area contributed by atoms with Crippen LogP contribution in [-0.4, -0.2) is 36.1 Å². The van der Waals surface area contributed by atoms with E-state index in [9.17, 15) is 0 Å². The topological polar surface area (TPSA) is 45.4 Å². The zero-order chi connectivity index (χ0) is 18.6. The summed E-state index contributed by atoms with van der Waals surface area (Å²) in [6.45, 7) is 7.25. The van der Waals surface area contributed by atoms with Crippen LogP contribution in [0.3, 0.4) is 0 Å². The Hall–Kier alpha value is -2.37. The van der Waals surface area contributed by atoms with E-state index >= 15 is 0 Å². The van der Waals surface area contributed by atoms with Gasteiger partial charge in [0.2, 0.25) is 0 Å². The number of nitrogens with two attached hydrogens (primary N) is 1. The van der Waals surface area contributed by atoms with Gasteiger partial charge >= 0.3 is 0 Å². The molecule has 0 atom stereocenters. The average molecular weight is 379 g/mol. The molecule has 0 bridgehead atoms. The monoisotopic (exact) mass is 378 g/mol. The van der Waals surface area contributed by atoms with Crippen molar-refractivity contribution in [2.24, 2.45) is 0 Å². The summed E-state index contributed by atoms with van der Waals surface area (Å²) < 4.78 is 0. The van der Waals surface area contributed by atoms with Crippen LogP contribution in [0.25, 0.3) is 10.6 Å². The fraction of sp³-hybridized carbons (Fsp3) is 0.318. The second-order valence-electron chi connectivity index (χ2n) is 7.14. The number of hydrogen-bond donors (Lipinski definition) is 1. The van der Waals surface area contributed by atoms with Crippen LogP contribution in [0.2, 0.25) is 0 Å². The summed E-state index contributed by atoms with van der Waals surface area (Å²) in [5.41, 5.74) is 12.0. The number of nitrogens with zero attached hydrogens (tertiary/aromatic N) is 3. The Bertz CT molecular complexity index is 870. The van der Waals surface area contributed by atoms with Crippen LogP contribution in [-0.2, 0) is 6.54 Å². The van der Waals surface area contributed by atoms with Crippen LogP contribution in [0.5, 0.6) is 0 Å². The molecule has 1 saturated heterocycles. The molecule has 1 aliphatic heterocycles. The van der Waals surface area contributed by atoms with E-state index in [4.69, 9.17) is 10.7 Å². The van der Waals surface area contributed by atoms with E-state index in [1.165, 1.54) is 22.5 Å². The zero-order valence-electron chi connectivity index (χ0n) is 15.8. The van der Waals surface area contributed by atoms with E-state index in [1.807, 2.05) is 18.2 Å². The fourth-order valence-corrected chi connectivity index (χ4v) is 4.61. The van der Waals surface area contributed by atoms with Gasteiger partial charge in [-0.25, -0.2) is 4.98 Å². The molecule has 4 nitrogen and oxygen atoms in total. The lowest BCUT2D eigenvalue weighted by Gasteiger charge is -2.26. The minimum Gasteiger partial charge on any atom is -0.397 e. The molecule has 1 fully saturated rings. The molecule has 5 heteroatoms. The van der Waals surface area contributed by atoms with Gasteiger partial charge in [-0.3, -0.25) is 4.90 Å². The molecule has 3 aromatic rings. The van der Waals surface area contributed by atoms with Crippen LogP contribution in [0, 0.1) is 6.92 Å². The highest BCUT2D eigenvalue weighted by Gasteiger charge is 2.19. The summed E-state index contributed by atoms with van der Waals surface area (Å²) in [5, 5.41) is 3.30. The number of benzene rings is 2. The Morgan fingerprint density at radius 1 is 1.00 bits per heavy atom. The summed E-state index contributed by atoms with van der Waals surface area (Å²) in [4.78, 5) is 9.81. The van der Waals surface area contributed by atoms with Crippen molar-refractivity contribution in [3.63, 3.8) is 0 Å². The smallest absolute Gasteiger partial charge is 0.123 e. The highest BCUT2D eigenvalue weighted by Crippen LogP contribution is 2.29. The van der Waals surface area contributed by atoms with Gasteiger partial charge in [0.15, 0.2) is 0 Å². The zero-order valence-corrected chi connectivity index (χ0v) is 16.6. The first-order valence-electron chi connectivity index (χ1n) is 9.53. The third kappa shape index (κ3) is 4.15. The number of anilines is 2. The maximum Gasteiger partial charge on any atom is 0.123 e. The molecular weight excluding hydrogens is 352 g/mol. The molecule has 0 spiro atoms. The van der Waals surface area contributed by atoms with Gasteiger partial charge in [0.25, 0.3) is 0 Å². The third-order valence-corrected chi connectivity index (χ3v) is 6.07. The predicted octanol–water partition coefficient (Wildman–Crippen LogP) is 4.41. The number of thiazole rings is 1. The van der Waals surface area contributed by atoms with E-state index < -0.39 is 0 Å². The fourth-order valence-electron chi connectivity index (χ4n) is 3.79. The van der Waals surface area contributed by atoms with Crippen molar-refractivity contribution in [3.05, 3.63) is 65.2 Å². The molecule has 0 radical (unpaired) electrons. The number of nitrogen functional groups attached to an aromatic ring is 1. The second kappa shape index (κ2) is 8.11. The highest BCUT2D eigenvalue weighted by molar-refractivity contribution is 7.13. The summed E-state index contributed by atoms with van der Waals surface area (Å²) in [6.07, 6.45) is 1.14. The first-order valence-corrected chi connectivity index (χ1v) is 10.4. The Morgan fingerprint density at radius 2 is 1.85 bits per heavy atom. The molecule has 27 heavy (non-hydrogen) atoms. The van der Waals surface area contributed by atoms with Crippen LogP contribution < -0.4 is 10.6 Å². The van der Waals surface area contributed by atoms with Gasteiger partial charge in [0.05, 0.1) is 17.1 Å². The molecule has 0 unspecified atom stereocenters. The van der Waals surface area contributed by atoms with Gasteiger partial charge in [0.1, 0.15) is 5.01 Å². The van der Waals surface area contributed by atoms with Gasteiger partial charge in [-0.15, -0.1) is 11.3 Å². The first kappa shape index (κ1) is 18.0. The molecule has 1 aromatic heterocycles. The van der Waals surface area contributed by atoms with Crippen LogP contribution in [0.15, 0.2) is 53.9 Å². The van der Waals surface area contributed by atoms with E-state index in [1.54, 1.807) is 11.3 Å². The highest BCUT2D eigenvalue weighted by atomic mass is 32.1. The summed E-state index contributed by atoms with van der Waals surface area (Å²) in [7, 11) is 0. The molecule has 140 valence electrons. The van der Waals surface area contributed by atoms with Crippen LogP contribution >= 0.6 is 11.3 Å². The molecule has 0 amide bonds. The van der Waals surface area contributed by atoms with Gasteiger partial charge in [0, 0.05) is 43.7 Å². The predicted molar refractivity (Wildman–Crippen MR) is 115 cm³/mol. The Labute approximate surface area is 165 Å². The largest absolute Gasteiger partial charge is 0.397 e. The number of hydrogen-bond acceptors (Lipinski definition) is 5. The summed E-state index contributed by atoms with van der Waals surface area (Å²) >= 11 is 1.73. The van der Waals surface area contributed by atoms with E-state index in [2.05, 4.69) is 52.4 Å². The Kier molecular flexibility index (Phi) is 5.41. The molecule has 0 aliphatic carbocycles. The van der Waals surface area contributed by atoms with Gasteiger partial charge in [-0.1, -0.05) is 42.5 Å². The third-order valence-electron chi connectivity index (χ3n) is 5.13. The van der Waals surface area contributed by atoms with Crippen molar-refractivity contribution in [2.45, 2.75) is 19.9 Å². The molecule has 2 N–H and O–H groups in total. The van der Waals surface area contributed by atoms with Crippen molar-refractivity contribution in [3.8, 4) is 10.6 Å². The van der Waals surface area contributed by atoms with E-state index in [0.717, 1.165) is 49.8 Å².